The molecule has 0 saturated heterocycles. The van der Waals surface area contributed by atoms with Gasteiger partial charge in [-0.1, -0.05) is 60.1 Å². The molecule has 1 unspecified atom stereocenters. The minimum atomic E-state index is -4.22. The summed E-state index contributed by atoms with van der Waals surface area (Å²) < 4.78 is 25.2. The van der Waals surface area contributed by atoms with Crippen LogP contribution in [0.1, 0.15) is 52.8 Å². The van der Waals surface area contributed by atoms with Crippen LogP contribution in [-0.4, -0.2) is 30.9 Å². The third-order valence-corrected chi connectivity index (χ3v) is 9.57. The van der Waals surface area contributed by atoms with Crippen molar-refractivity contribution >= 4 is 53.0 Å². The zero-order chi connectivity index (χ0) is 22.8. The van der Waals surface area contributed by atoms with Crippen molar-refractivity contribution in [2.45, 2.75) is 37.8 Å². The summed E-state index contributed by atoms with van der Waals surface area (Å²) in [5, 5.41) is 0.147. The van der Waals surface area contributed by atoms with E-state index in [1.165, 1.54) is 26.4 Å². The maximum absolute atomic E-state index is 14.5. The lowest BCUT2D eigenvalue weighted by molar-refractivity contribution is 0.103. The van der Waals surface area contributed by atoms with Crippen LogP contribution in [-0.2, 0) is 4.57 Å². The van der Waals surface area contributed by atoms with Crippen molar-refractivity contribution in [3.63, 3.8) is 0 Å². The Morgan fingerprint density at radius 2 is 1.35 bits per heavy atom. The number of methoxy groups -OCH3 is 2. The molecule has 5 nitrogen and oxygen atoms in total. The number of carbonyl (C=O) groups excluding carboxylic acids is 2. The Bertz CT molecular complexity index is 1020. The smallest absolute Gasteiger partial charge is 0.236 e. The second-order valence-electron chi connectivity index (χ2n) is 7.34. The molecule has 0 aliphatic heterocycles. The fourth-order valence-electron chi connectivity index (χ4n) is 4.01. The Morgan fingerprint density at radius 1 is 0.871 bits per heavy atom. The largest absolute Gasteiger partial charge is 0.496 e. The van der Waals surface area contributed by atoms with E-state index in [4.69, 9.17) is 44.3 Å². The lowest BCUT2D eigenvalue weighted by Crippen LogP contribution is -2.25. The highest BCUT2D eigenvalue weighted by Gasteiger charge is 2.50. The molecule has 0 amide bonds. The summed E-state index contributed by atoms with van der Waals surface area (Å²) in [7, 11) is -1.43. The van der Waals surface area contributed by atoms with Crippen LogP contribution in [0, 0.1) is 0 Å². The Balaban J connectivity index is 2.24. The van der Waals surface area contributed by atoms with Gasteiger partial charge in [0.25, 0.3) is 0 Å². The molecular weight excluding hydrogens is 482 g/mol. The first-order chi connectivity index (χ1) is 14.7. The molecule has 0 N–H and O–H groups in total. The standard InChI is InChI=1S/C22H22Cl3O5P/c1-29-17-9-6-10-18(30-2)20(17)22(27)31(28,14-7-4-3-5-8-14)21(26)19-15(24)11-13(23)12-16(19)25/h6,9-12,14H,3-5,7-8H2,1-2H3. The summed E-state index contributed by atoms with van der Waals surface area (Å²) in [5.74, 6) is 0.364. The van der Waals surface area contributed by atoms with Crippen molar-refractivity contribution in [2.75, 3.05) is 14.2 Å². The van der Waals surface area contributed by atoms with Gasteiger partial charge in [-0.15, -0.1) is 0 Å². The first-order valence-electron chi connectivity index (χ1n) is 9.80. The zero-order valence-corrected chi connectivity index (χ0v) is 20.3. The summed E-state index contributed by atoms with van der Waals surface area (Å²) in [6, 6.07) is 7.47. The summed E-state index contributed by atoms with van der Waals surface area (Å²) in [6.07, 6.45) is 3.50. The van der Waals surface area contributed by atoms with Crippen LogP contribution in [0.4, 0.5) is 0 Å². The lowest BCUT2D eigenvalue weighted by atomic mass is 10.0. The van der Waals surface area contributed by atoms with Gasteiger partial charge in [-0.05, 0) is 37.1 Å². The van der Waals surface area contributed by atoms with Crippen molar-refractivity contribution < 1.29 is 23.6 Å². The van der Waals surface area contributed by atoms with E-state index in [0.29, 0.717) is 12.8 Å². The van der Waals surface area contributed by atoms with E-state index in [2.05, 4.69) is 0 Å². The molecule has 2 aromatic carbocycles. The molecule has 0 aromatic heterocycles. The average molecular weight is 504 g/mol. The van der Waals surface area contributed by atoms with E-state index in [-0.39, 0.29) is 37.7 Å². The molecule has 0 heterocycles. The van der Waals surface area contributed by atoms with Gasteiger partial charge in [0.2, 0.25) is 18.2 Å². The third-order valence-electron chi connectivity index (χ3n) is 5.55. The van der Waals surface area contributed by atoms with E-state index in [1.807, 2.05) is 0 Å². The highest BCUT2D eigenvalue weighted by molar-refractivity contribution is 7.96. The molecular formula is C22H22Cl3O5P. The number of hydrogen-bond donors (Lipinski definition) is 0. The summed E-state index contributed by atoms with van der Waals surface area (Å²) in [6.45, 7) is 0. The first-order valence-corrected chi connectivity index (χ1v) is 12.7. The average Bonchev–Trinajstić information content (AvgIpc) is 2.77. The molecule has 166 valence electrons. The summed E-state index contributed by atoms with van der Waals surface area (Å²) in [5.41, 5.74) is -2.44. The van der Waals surface area contributed by atoms with Crippen molar-refractivity contribution in [1.29, 1.82) is 0 Å². The number of halogens is 3. The number of hydrogen-bond acceptors (Lipinski definition) is 5. The fourth-order valence-corrected chi connectivity index (χ4v) is 8.20. The summed E-state index contributed by atoms with van der Waals surface area (Å²) in [4.78, 5) is 27.6. The van der Waals surface area contributed by atoms with Gasteiger partial charge in [-0.3, -0.25) is 9.59 Å². The zero-order valence-electron chi connectivity index (χ0n) is 17.1. The topological polar surface area (TPSA) is 69.7 Å². The molecule has 1 saturated carbocycles. The Labute approximate surface area is 196 Å². The molecule has 0 spiro atoms. The van der Waals surface area contributed by atoms with Crippen LogP contribution in [0.5, 0.6) is 11.5 Å². The van der Waals surface area contributed by atoms with Gasteiger partial charge in [0.05, 0.1) is 29.8 Å². The number of ether oxygens (including phenoxy) is 2. The van der Waals surface area contributed by atoms with Crippen LogP contribution in [0.25, 0.3) is 0 Å². The molecule has 9 heteroatoms. The van der Waals surface area contributed by atoms with Gasteiger partial charge < -0.3 is 14.0 Å². The fraction of sp³-hybridized carbons (Fsp3) is 0.364. The highest BCUT2D eigenvalue weighted by atomic mass is 35.5. The molecule has 3 rings (SSSR count). The second kappa shape index (κ2) is 9.95. The van der Waals surface area contributed by atoms with Crippen LogP contribution in [0.2, 0.25) is 15.1 Å². The molecule has 0 bridgehead atoms. The van der Waals surface area contributed by atoms with Crippen LogP contribution in [0.15, 0.2) is 30.3 Å². The monoisotopic (exact) mass is 502 g/mol. The van der Waals surface area contributed by atoms with Gasteiger partial charge in [-0.25, -0.2) is 0 Å². The summed E-state index contributed by atoms with van der Waals surface area (Å²) >= 11 is 18.5. The normalized spacial score (nSPS) is 16.4. The molecule has 1 fully saturated rings. The van der Waals surface area contributed by atoms with Gasteiger partial charge >= 0.3 is 0 Å². The SMILES string of the molecule is COc1cccc(OC)c1C(=O)P(=O)(C(=O)c1c(Cl)cc(Cl)cc1Cl)C1CCCCC1. The molecule has 1 atom stereocenters. The van der Waals surface area contributed by atoms with Crippen LogP contribution < -0.4 is 9.47 Å². The molecule has 0 radical (unpaired) electrons. The lowest BCUT2D eigenvalue weighted by Gasteiger charge is -2.29. The van der Waals surface area contributed by atoms with Gasteiger partial charge in [0, 0.05) is 10.7 Å². The van der Waals surface area contributed by atoms with E-state index < -0.39 is 23.8 Å². The van der Waals surface area contributed by atoms with E-state index >= 15 is 0 Å². The maximum atomic E-state index is 14.5. The number of rotatable bonds is 7. The predicted molar refractivity (Wildman–Crippen MR) is 124 cm³/mol. The van der Waals surface area contributed by atoms with E-state index in [9.17, 15) is 14.2 Å². The minimum absolute atomic E-state index is 0.0176. The van der Waals surface area contributed by atoms with Crippen molar-refractivity contribution in [1.82, 2.24) is 0 Å². The Morgan fingerprint density at radius 3 is 1.84 bits per heavy atom. The van der Waals surface area contributed by atoms with Gasteiger partial charge in [-0.2, -0.15) is 0 Å². The van der Waals surface area contributed by atoms with Gasteiger partial charge in [0.1, 0.15) is 17.1 Å². The predicted octanol–water partition coefficient (Wildman–Crippen LogP) is 7.34. The van der Waals surface area contributed by atoms with Crippen LogP contribution >= 0.6 is 41.9 Å². The number of benzene rings is 2. The Hall–Kier alpha value is -1.52. The maximum Gasteiger partial charge on any atom is 0.236 e. The second-order valence-corrected chi connectivity index (χ2v) is 11.5. The molecule has 2 aromatic rings. The molecule has 1 aliphatic rings. The van der Waals surface area contributed by atoms with Crippen molar-refractivity contribution in [2.24, 2.45) is 0 Å². The molecule has 31 heavy (non-hydrogen) atoms. The van der Waals surface area contributed by atoms with Crippen molar-refractivity contribution in [3.8, 4) is 11.5 Å². The quantitative estimate of drug-likeness (QED) is 0.370. The first kappa shape index (κ1) is 24.1. The van der Waals surface area contributed by atoms with Crippen molar-refractivity contribution in [3.05, 3.63) is 56.5 Å². The minimum Gasteiger partial charge on any atom is -0.496 e. The van der Waals surface area contributed by atoms with E-state index in [1.54, 1.807) is 18.2 Å². The molecule has 1 aliphatic carbocycles. The Kier molecular flexibility index (Phi) is 7.75. The van der Waals surface area contributed by atoms with Crippen LogP contribution in [0.3, 0.4) is 0 Å². The van der Waals surface area contributed by atoms with E-state index in [0.717, 1.165) is 19.3 Å². The number of carbonyl (C=O) groups is 2. The van der Waals surface area contributed by atoms with Gasteiger partial charge in [0.15, 0.2) is 0 Å². The highest BCUT2D eigenvalue weighted by Crippen LogP contribution is 2.62. The third kappa shape index (κ3) is 4.52.